The van der Waals surface area contributed by atoms with E-state index in [0.717, 1.165) is 0 Å². The maximum atomic E-state index is 11.9. The highest BCUT2D eigenvalue weighted by Gasteiger charge is 2.46. The second-order valence-electron chi connectivity index (χ2n) is 5.26. The van der Waals surface area contributed by atoms with Crippen molar-refractivity contribution < 1.29 is 28.7 Å². The van der Waals surface area contributed by atoms with Crippen LogP contribution in [0.25, 0.3) is 0 Å². The topological polar surface area (TPSA) is 86.7 Å². The molecule has 2 atom stereocenters. The van der Waals surface area contributed by atoms with Crippen LogP contribution in [0.3, 0.4) is 0 Å². The van der Waals surface area contributed by atoms with Gasteiger partial charge in [0.05, 0.1) is 12.8 Å². The van der Waals surface area contributed by atoms with Gasteiger partial charge in [0, 0.05) is 31.6 Å². The van der Waals surface area contributed by atoms with Crippen molar-refractivity contribution >= 4 is 23.5 Å². The molecule has 6 heteroatoms. The SMILES string of the molecule is CCC(=O)CCC(=O)CC(C1CC(=O)O1)C1CC(=O)O1. The molecular formula is C14H18O6. The molecule has 0 aromatic rings. The summed E-state index contributed by atoms with van der Waals surface area (Å²) in [5.41, 5.74) is 0. The van der Waals surface area contributed by atoms with Gasteiger partial charge in [-0.2, -0.15) is 0 Å². The van der Waals surface area contributed by atoms with Gasteiger partial charge < -0.3 is 9.47 Å². The highest BCUT2D eigenvalue weighted by atomic mass is 16.6. The molecule has 2 aliphatic heterocycles. The van der Waals surface area contributed by atoms with Crippen molar-refractivity contribution in [2.45, 2.75) is 57.7 Å². The number of Topliss-reactive ketones (excluding diaryl/α,β-unsaturated/α-hetero) is 2. The van der Waals surface area contributed by atoms with Crippen LogP contribution in [0.4, 0.5) is 0 Å². The number of rotatable bonds is 8. The standard InChI is InChI=1S/C14H18O6/c1-2-8(15)3-4-9(16)5-10(11-6-13(17)19-11)12-7-14(18)20-12/h10-12H,2-7H2,1H3. The smallest absolute Gasteiger partial charge is 0.309 e. The monoisotopic (exact) mass is 282 g/mol. The van der Waals surface area contributed by atoms with Crippen LogP contribution in [-0.2, 0) is 28.7 Å². The largest absolute Gasteiger partial charge is 0.461 e. The molecule has 2 rings (SSSR count). The summed E-state index contributed by atoms with van der Waals surface area (Å²) in [7, 11) is 0. The summed E-state index contributed by atoms with van der Waals surface area (Å²) in [5.74, 6) is -0.851. The molecule has 0 saturated carbocycles. The van der Waals surface area contributed by atoms with Crippen molar-refractivity contribution in [2.75, 3.05) is 0 Å². The van der Waals surface area contributed by atoms with Gasteiger partial charge in [-0.3, -0.25) is 19.2 Å². The minimum Gasteiger partial charge on any atom is -0.461 e. The Morgan fingerprint density at radius 3 is 1.90 bits per heavy atom. The van der Waals surface area contributed by atoms with Crippen LogP contribution in [-0.4, -0.2) is 35.7 Å². The van der Waals surface area contributed by atoms with Crippen molar-refractivity contribution in [3.05, 3.63) is 0 Å². The van der Waals surface area contributed by atoms with Gasteiger partial charge in [0.2, 0.25) is 0 Å². The normalized spacial score (nSPS) is 25.9. The number of carbonyl (C=O) groups excluding carboxylic acids is 4. The first-order valence-corrected chi connectivity index (χ1v) is 6.92. The number of esters is 2. The number of ether oxygens (including phenoxy) is 2. The lowest BCUT2D eigenvalue weighted by Crippen LogP contribution is -2.50. The van der Waals surface area contributed by atoms with Crippen LogP contribution in [0.5, 0.6) is 0 Å². The molecule has 0 N–H and O–H groups in total. The molecule has 2 fully saturated rings. The molecule has 0 aromatic heterocycles. The van der Waals surface area contributed by atoms with Crippen LogP contribution in [0.2, 0.25) is 0 Å². The molecule has 0 aliphatic carbocycles. The zero-order valence-corrected chi connectivity index (χ0v) is 11.4. The maximum Gasteiger partial charge on any atom is 0.309 e. The molecule has 2 saturated heterocycles. The Morgan fingerprint density at radius 2 is 1.50 bits per heavy atom. The van der Waals surface area contributed by atoms with Gasteiger partial charge in [0.1, 0.15) is 23.8 Å². The summed E-state index contributed by atoms with van der Waals surface area (Å²) >= 11 is 0. The molecule has 2 heterocycles. The zero-order chi connectivity index (χ0) is 14.7. The summed E-state index contributed by atoms with van der Waals surface area (Å²) in [6.45, 7) is 1.76. The van der Waals surface area contributed by atoms with E-state index < -0.39 is 0 Å². The molecule has 0 spiro atoms. The van der Waals surface area contributed by atoms with E-state index in [2.05, 4.69) is 0 Å². The number of hydrogen-bond acceptors (Lipinski definition) is 6. The molecule has 0 aromatic carbocycles. The van der Waals surface area contributed by atoms with Crippen molar-refractivity contribution in [3.8, 4) is 0 Å². The summed E-state index contributed by atoms with van der Waals surface area (Å²) in [4.78, 5) is 44.9. The van der Waals surface area contributed by atoms with E-state index in [4.69, 9.17) is 9.47 Å². The van der Waals surface area contributed by atoms with Gasteiger partial charge in [0.25, 0.3) is 0 Å². The van der Waals surface area contributed by atoms with E-state index in [1.165, 1.54) is 0 Å². The molecule has 2 unspecified atom stereocenters. The predicted octanol–water partition coefficient (Wildman–Crippen LogP) is 0.952. The Morgan fingerprint density at radius 1 is 1.05 bits per heavy atom. The third-order valence-electron chi connectivity index (χ3n) is 3.80. The summed E-state index contributed by atoms with van der Waals surface area (Å²) in [5, 5.41) is 0. The lowest BCUT2D eigenvalue weighted by molar-refractivity contribution is -0.196. The third kappa shape index (κ3) is 3.43. The van der Waals surface area contributed by atoms with E-state index in [0.29, 0.717) is 6.42 Å². The van der Waals surface area contributed by atoms with E-state index in [9.17, 15) is 19.2 Å². The number of carbonyl (C=O) groups is 4. The van der Waals surface area contributed by atoms with Crippen LogP contribution >= 0.6 is 0 Å². The molecular weight excluding hydrogens is 264 g/mol. The summed E-state index contributed by atoms with van der Waals surface area (Å²) in [6.07, 6.45) is 0.906. The van der Waals surface area contributed by atoms with Gasteiger partial charge >= 0.3 is 11.9 Å². The molecule has 6 nitrogen and oxygen atoms in total. The lowest BCUT2D eigenvalue weighted by Gasteiger charge is -2.40. The molecule has 0 bridgehead atoms. The summed E-state index contributed by atoms with van der Waals surface area (Å²) in [6, 6.07) is 0. The Bertz CT molecular complexity index is 401. The van der Waals surface area contributed by atoms with Crippen molar-refractivity contribution in [1.29, 1.82) is 0 Å². The average molecular weight is 282 g/mol. The first kappa shape index (κ1) is 14.7. The van der Waals surface area contributed by atoms with E-state index in [-0.39, 0.29) is 73.7 Å². The van der Waals surface area contributed by atoms with Gasteiger partial charge in [-0.25, -0.2) is 0 Å². The van der Waals surface area contributed by atoms with Crippen molar-refractivity contribution in [1.82, 2.24) is 0 Å². The van der Waals surface area contributed by atoms with Gasteiger partial charge in [-0.15, -0.1) is 0 Å². The Balaban J connectivity index is 1.84. The molecule has 0 radical (unpaired) electrons. The fraction of sp³-hybridized carbons (Fsp3) is 0.714. The maximum absolute atomic E-state index is 11.9. The minimum absolute atomic E-state index is 0.0531. The summed E-state index contributed by atoms with van der Waals surface area (Å²) < 4.78 is 9.98. The average Bonchev–Trinajstić information content (AvgIpc) is 2.35. The second-order valence-corrected chi connectivity index (χ2v) is 5.26. The van der Waals surface area contributed by atoms with Crippen LogP contribution in [0, 0.1) is 5.92 Å². The van der Waals surface area contributed by atoms with Gasteiger partial charge in [0.15, 0.2) is 0 Å². The van der Waals surface area contributed by atoms with Crippen LogP contribution in [0.1, 0.15) is 45.4 Å². The van der Waals surface area contributed by atoms with Gasteiger partial charge in [-0.1, -0.05) is 6.92 Å². The first-order chi connectivity index (χ1) is 9.49. The fourth-order valence-electron chi connectivity index (χ4n) is 2.45. The van der Waals surface area contributed by atoms with Crippen molar-refractivity contribution in [2.24, 2.45) is 5.92 Å². The third-order valence-corrected chi connectivity index (χ3v) is 3.80. The quantitative estimate of drug-likeness (QED) is 0.616. The van der Waals surface area contributed by atoms with E-state index >= 15 is 0 Å². The van der Waals surface area contributed by atoms with Crippen LogP contribution in [0.15, 0.2) is 0 Å². The van der Waals surface area contributed by atoms with Crippen molar-refractivity contribution in [3.63, 3.8) is 0 Å². The van der Waals surface area contributed by atoms with Gasteiger partial charge in [-0.05, 0) is 0 Å². The second kappa shape index (κ2) is 6.15. The Hall–Kier alpha value is -1.72. The first-order valence-electron chi connectivity index (χ1n) is 6.92. The molecule has 110 valence electrons. The molecule has 2 aliphatic rings. The van der Waals surface area contributed by atoms with E-state index in [1.54, 1.807) is 6.92 Å². The number of hydrogen-bond donors (Lipinski definition) is 0. The number of ketones is 2. The Kier molecular flexibility index (Phi) is 4.52. The zero-order valence-electron chi connectivity index (χ0n) is 11.4. The fourth-order valence-corrected chi connectivity index (χ4v) is 2.45. The molecule has 0 amide bonds. The van der Waals surface area contributed by atoms with E-state index in [1.807, 2.05) is 0 Å². The highest BCUT2D eigenvalue weighted by molar-refractivity contribution is 5.86. The Labute approximate surface area is 116 Å². The predicted molar refractivity (Wildman–Crippen MR) is 66.6 cm³/mol. The van der Waals surface area contributed by atoms with Crippen LogP contribution < -0.4 is 0 Å². The number of cyclic esters (lactones) is 2. The minimum atomic E-state index is -0.341. The highest BCUT2D eigenvalue weighted by Crippen LogP contribution is 2.34. The lowest BCUT2D eigenvalue weighted by atomic mass is 9.82. The molecule has 20 heavy (non-hydrogen) atoms.